The molecule has 0 bridgehead atoms. The van der Waals surface area contributed by atoms with E-state index in [-0.39, 0.29) is 0 Å². The number of nitrogen functional groups attached to an aromatic ring is 1. The molecule has 2 rings (SSSR count). The maximum Gasteiger partial charge on any atom is 0.156 e. The van der Waals surface area contributed by atoms with Crippen LogP contribution in [0.4, 0.5) is 5.69 Å². The van der Waals surface area contributed by atoms with E-state index < -0.39 is 0 Å². The minimum absolute atomic E-state index is 0.668. The Morgan fingerprint density at radius 1 is 1.53 bits per heavy atom. The summed E-state index contributed by atoms with van der Waals surface area (Å²) < 4.78 is 7.13. The molecule has 0 fully saturated rings. The first-order valence-corrected chi connectivity index (χ1v) is 5.18. The van der Waals surface area contributed by atoms with E-state index in [1.54, 1.807) is 6.26 Å². The van der Waals surface area contributed by atoms with Crippen LogP contribution in [0, 0.1) is 0 Å². The Morgan fingerprint density at radius 3 is 3.07 bits per heavy atom. The zero-order chi connectivity index (χ0) is 10.7. The van der Waals surface area contributed by atoms with Crippen molar-refractivity contribution in [2.45, 2.75) is 26.3 Å². The molecule has 0 aliphatic heterocycles. The lowest BCUT2D eigenvalue weighted by molar-refractivity contribution is 0.558. The third kappa shape index (κ3) is 2.03. The molecule has 0 unspecified atom stereocenters. The third-order valence-electron chi connectivity index (χ3n) is 2.29. The molecule has 2 aromatic rings. The van der Waals surface area contributed by atoms with Gasteiger partial charge in [-0.05, 0) is 18.6 Å². The van der Waals surface area contributed by atoms with Crippen molar-refractivity contribution in [3.05, 3.63) is 24.6 Å². The zero-order valence-electron chi connectivity index (χ0n) is 8.81. The van der Waals surface area contributed by atoms with Crippen LogP contribution >= 0.6 is 0 Å². The standard InChI is InChI=1S/C11H15N3O/c1-2-3-6-14-8-9(12)11(13-14)10-5-4-7-15-10/h4-5,7-8H,2-3,6,12H2,1H3. The average Bonchev–Trinajstić information content (AvgIpc) is 2.83. The van der Waals surface area contributed by atoms with Gasteiger partial charge in [-0.15, -0.1) is 0 Å². The van der Waals surface area contributed by atoms with Gasteiger partial charge >= 0.3 is 0 Å². The highest BCUT2D eigenvalue weighted by molar-refractivity contribution is 5.67. The molecule has 0 spiro atoms. The van der Waals surface area contributed by atoms with Crippen molar-refractivity contribution < 1.29 is 4.42 Å². The molecule has 2 heterocycles. The number of unbranched alkanes of at least 4 members (excludes halogenated alkanes) is 1. The van der Waals surface area contributed by atoms with Gasteiger partial charge < -0.3 is 10.2 Å². The van der Waals surface area contributed by atoms with E-state index in [2.05, 4.69) is 12.0 Å². The average molecular weight is 205 g/mol. The minimum Gasteiger partial charge on any atom is -0.463 e. The molecule has 15 heavy (non-hydrogen) atoms. The van der Waals surface area contributed by atoms with E-state index in [9.17, 15) is 0 Å². The fourth-order valence-corrected chi connectivity index (χ4v) is 1.48. The molecule has 0 amide bonds. The van der Waals surface area contributed by atoms with Crippen LogP contribution in [0.15, 0.2) is 29.0 Å². The van der Waals surface area contributed by atoms with Gasteiger partial charge in [0.15, 0.2) is 11.5 Å². The quantitative estimate of drug-likeness (QED) is 0.834. The summed E-state index contributed by atoms with van der Waals surface area (Å²) in [4.78, 5) is 0. The lowest BCUT2D eigenvalue weighted by Gasteiger charge is -1.97. The van der Waals surface area contributed by atoms with Crippen LogP contribution in [0.1, 0.15) is 19.8 Å². The fraction of sp³-hybridized carbons (Fsp3) is 0.364. The predicted molar refractivity (Wildman–Crippen MR) is 59.2 cm³/mol. The Kier molecular flexibility index (Phi) is 2.76. The summed E-state index contributed by atoms with van der Waals surface area (Å²) in [6.45, 7) is 3.06. The Labute approximate surface area is 88.7 Å². The Balaban J connectivity index is 2.22. The number of rotatable bonds is 4. The molecule has 2 N–H and O–H groups in total. The number of nitrogens with zero attached hydrogens (tertiary/aromatic N) is 2. The van der Waals surface area contributed by atoms with Crippen LogP contribution in [0.2, 0.25) is 0 Å². The number of hydrogen-bond donors (Lipinski definition) is 1. The van der Waals surface area contributed by atoms with Crippen LogP contribution in [0.5, 0.6) is 0 Å². The molecule has 0 atom stereocenters. The van der Waals surface area contributed by atoms with E-state index >= 15 is 0 Å². The van der Waals surface area contributed by atoms with Crippen molar-refractivity contribution in [1.29, 1.82) is 0 Å². The first kappa shape index (κ1) is 9.83. The maximum atomic E-state index is 5.86. The van der Waals surface area contributed by atoms with Crippen LogP contribution in [-0.4, -0.2) is 9.78 Å². The predicted octanol–water partition coefficient (Wildman–Crippen LogP) is 2.53. The van der Waals surface area contributed by atoms with Crippen molar-refractivity contribution >= 4 is 5.69 Å². The lowest BCUT2D eigenvalue weighted by Crippen LogP contribution is -1.97. The number of furan rings is 1. The summed E-state index contributed by atoms with van der Waals surface area (Å²) in [5.41, 5.74) is 7.26. The number of hydrogen-bond acceptors (Lipinski definition) is 3. The van der Waals surface area contributed by atoms with Crippen LogP contribution < -0.4 is 5.73 Å². The van der Waals surface area contributed by atoms with Gasteiger partial charge in [-0.1, -0.05) is 13.3 Å². The topological polar surface area (TPSA) is 57.0 Å². The smallest absolute Gasteiger partial charge is 0.156 e. The van der Waals surface area contributed by atoms with Gasteiger partial charge in [0.1, 0.15) is 0 Å². The molecule has 0 radical (unpaired) electrons. The van der Waals surface area contributed by atoms with E-state index in [0.717, 1.165) is 30.8 Å². The molecule has 80 valence electrons. The summed E-state index contributed by atoms with van der Waals surface area (Å²) >= 11 is 0. The molecule has 0 saturated carbocycles. The summed E-state index contributed by atoms with van der Waals surface area (Å²) in [5.74, 6) is 0.725. The highest BCUT2D eigenvalue weighted by Gasteiger charge is 2.10. The van der Waals surface area contributed by atoms with Crippen LogP contribution in [-0.2, 0) is 6.54 Å². The van der Waals surface area contributed by atoms with Gasteiger partial charge in [-0.3, -0.25) is 4.68 Å². The van der Waals surface area contributed by atoms with Crippen molar-refractivity contribution in [2.24, 2.45) is 0 Å². The SMILES string of the molecule is CCCCn1cc(N)c(-c2ccco2)n1. The summed E-state index contributed by atoms with van der Waals surface area (Å²) in [5, 5.41) is 4.39. The van der Waals surface area contributed by atoms with Gasteiger partial charge in [-0.2, -0.15) is 5.10 Å². The van der Waals surface area contributed by atoms with Gasteiger partial charge in [0, 0.05) is 12.7 Å². The molecular weight excluding hydrogens is 190 g/mol. The van der Waals surface area contributed by atoms with Gasteiger partial charge in [0.05, 0.1) is 12.0 Å². The largest absolute Gasteiger partial charge is 0.463 e. The summed E-state index contributed by atoms with van der Waals surface area (Å²) in [6, 6.07) is 3.70. The molecule has 0 saturated heterocycles. The summed E-state index contributed by atoms with van der Waals surface area (Å²) in [6.07, 6.45) is 5.74. The van der Waals surface area contributed by atoms with E-state index in [0.29, 0.717) is 5.69 Å². The fourth-order valence-electron chi connectivity index (χ4n) is 1.48. The molecule has 0 aliphatic rings. The lowest BCUT2D eigenvalue weighted by atomic mass is 10.3. The van der Waals surface area contributed by atoms with Crippen molar-refractivity contribution in [1.82, 2.24) is 9.78 Å². The second-order valence-electron chi connectivity index (χ2n) is 3.53. The van der Waals surface area contributed by atoms with Crippen LogP contribution in [0.3, 0.4) is 0 Å². The van der Waals surface area contributed by atoms with Gasteiger partial charge in [0.25, 0.3) is 0 Å². The van der Waals surface area contributed by atoms with Gasteiger partial charge in [0.2, 0.25) is 0 Å². The Hall–Kier alpha value is -1.71. The third-order valence-corrected chi connectivity index (χ3v) is 2.29. The summed E-state index contributed by atoms with van der Waals surface area (Å²) in [7, 11) is 0. The maximum absolute atomic E-state index is 5.86. The highest BCUT2D eigenvalue weighted by atomic mass is 16.3. The van der Waals surface area contributed by atoms with Crippen molar-refractivity contribution in [2.75, 3.05) is 5.73 Å². The Morgan fingerprint density at radius 2 is 2.40 bits per heavy atom. The monoisotopic (exact) mass is 205 g/mol. The first-order chi connectivity index (χ1) is 7.31. The zero-order valence-corrected chi connectivity index (χ0v) is 8.81. The number of aryl methyl sites for hydroxylation is 1. The minimum atomic E-state index is 0.668. The number of anilines is 1. The van der Waals surface area contributed by atoms with Crippen LogP contribution in [0.25, 0.3) is 11.5 Å². The molecule has 4 nitrogen and oxygen atoms in total. The van der Waals surface area contributed by atoms with E-state index in [4.69, 9.17) is 10.2 Å². The second kappa shape index (κ2) is 4.21. The molecule has 0 aromatic carbocycles. The molecule has 4 heteroatoms. The van der Waals surface area contributed by atoms with Gasteiger partial charge in [-0.25, -0.2) is 0 Å². The second-order valence-corrected chi connectivity index (χ2v) is 3.53. The first-order valence-electron chi connectivity index (χ1n) is 5.18. The Bertz CT molecular complexity index is 417. The van der Waals surface area contributed by atoms with E-state index in [1.807, 2.05) is 23.0 Å². The van der Waals surface area contributed by atoms with Crippen molar-refractivity contribution in [3.8, 4) is 11.5 Å². The number of aromatic nitrogens is 2. The highest BCUT2D eigenvalue weighted by Crippen LogP contribution is 2.24. The number of nitrogens with two attached hydrogens (primary N) is 1. The molecule has 2 aromatic heterocycles. The van der Waals surface area contributed by atoms with E-state index in [1.165, 1.54) is 0 Å². The molecular formula is C11H15N3O. The normalized spacial score (nSPS) is 10.7. The van der Waals surface area contributed by atoms with Crippen molar-refractivity contribution in [3.63, 3.8) is 0 Å². The molecule has 0 aliphatic carbocycles.